The van der Waals surface area contributed by atoms with Crippen molar-refractivity contribution < 1.29 is 9.53 Å². The average molecular weight is 653 g/mol. The summed E-state index contributed by atoms with van der Waals surface area (Å²) in [6.45, 7) is 15.0. The fourth-order valence-corrected chi connectivity index (χ4v) is 11.6. The van der Waals surface area contributed by atoms with E-state index in [1.807, 2.05) is 0 Å². The predicted molar refractivity (Wildman–Crippen MR) is 202 cm³/mol. The van der Waals surface area contributed by atoms with Gasteiger partial charge in [0, 0.05) is 12.8 Å². The maximum Gasteiger partial charge on any atom is 0.306 e. The molecule has 0 heterocycles. The molecule has 0 spiro atoms. The van der Waals surface area contributed by atoms with E-state index in [0.717, 1.165) is 54.8 Å². The lowest BCUT2D eigenvalue weighted by Crippen LogP contribution is -2.51. The molecule has 0 amide bonds. The third-order valence-electron chi connectivity index (χ3n) is 14.5. The van der Waals surface area contributed by atoms with Crippen LogP contribution < -0.4 is 0 Å². The lowest BCUT2D eigenvalue weighted by Gasteiger charge is -2.58. The molecule has 0 unspecified atom stereocenters. The van der Waals surface area contributed by atoms with E-state index in [1.165, 1.54) is 148 Å². The average Bonchev–Trinajstić information content (AvgIpc) is 3.40. The Labute approximate surface area is 293 Å². The van der Waals surface area contributed by atoms with Crippen LogP contribution in [0.5, 0.6) is 0 Å². The van der Waals surface area contributed by atoms with Gasteiger partial charge in [-0.1, -0.05) is 162 Å². The van der Waals surface area contributed by atoms with Crippen molar-refractivity contribution in [1.82, 2.24) is 0 Å². The van der Waals surface area contributed by atoms with E-state index in [9.17, 15) is 4.79 Å². The van der Waals surface area contributed by atoms with Gasteiger partial charge in [0.1, 0.15) is 6.10 Å². The monoisotopic (exact) mass is 653 g/mol. The van der Waals surface area contributed by atoms with Crippen LogP contribution in [0, 0.1) is 46.3 Å². The molecule has 0 N–H and O–H groups in total. The van der Waals surface area contributed by atoms with Crippen molar-refractivity contribution in [2.75, 3.05) is 0 Å². The summed E-state index contributed by atoms with van der Waals surface area (Å²) < 4.78 is 6.13. The van der Waals surface area contributed by atoms with Crippen molar-refractivity contribution in [3.05, 3.63) is 11.6 Å². The number of rotatable bonds is 22. The Morgan fingerprint density at radius 1 is 0.745 bits per heavy atom. The topological polar surface area (TPSA) is 26.3 Å². The smallest absolute Gasteiger partial charge is 0.306 e. The highest BCUT2D eigenvalue weighted by atomic mass is 16.5. The highest BCUT2D eigenvalue weighted by Crippen LogP contribution is 2.67. The molecule has 272 valence electrons. The number of esters is 1. The first-order valence-corrected chi connectivity index (χ1v) is 21.6. The van der Waals surface area contributed by atoms with E-state index in [-0.39, 0.29) is 12.1 Å². The van der Waals surface area contributed by atoms with Crippen LogP contribution in [0.3, 0.4) is 0 Å². The minimum atomic E-state index is 0.0653. The maximum atomic E-state index is 12.8. The van der Waals surface area contributed by atoms with Gasteiger partial charge in [-0.15, -0.1) is 0 Å². The van der Waals surface area contributed by atoms with E-state index in [2.05, 4.69) is 47.6 Å². The minimum Gasteiger partial charge on any atom is -0.462 e. The molecule has 3 fully saturated rings. The van der Waals surface area contributed by atoms with E-state index < -0.39 is 0 Å². The summed E-state index contributed by atoms with van der Waals surface area (Å²) in [5.41, 5.74) is 2.54. The lowest BCUT2D eigenvalue weighted by molar-refractivity contribution is -0.151. The van der Waals surface area contributed by atoms with Crippen molar-refractivity contribution in [1.29, 1.82) is 0 Å². The predicted octanol–water partition coefficient (Wildman–Crippen LogP) is 14.2. The van der Waals surface area contributed by atoms with Crippen molar-refractivity contribution >= 4 is 5.97 Å². The first kappa shape index (κ1) is 39.0. The fourth-order valence-electron chi connectivity index (χ4n) is 11.6. The molecule has 0 saturated heterocycles. The molecule has 0 aromatic rings. The molecular weight excluding hydrogens is 572 g/mol. The molecule has 2 heteroatoms. The van der Waals surface area contributed by atoms with Gasteiger partial charge in [-0.05, 0) is 97.7 Å². The summed E-state index contributed by atoms with van der Waals surface area (Å²) in [7, 11) is 0. The Hall–Kier alpha value is -0.790. The third kappa shape index (κ3) is 10.8. The zero-order chi connectivity index (χ0) is 33.7. The van der Waals surface area contributed by atoms with E-state index in [1.54, 1.807) is 5.57 Å². The number of allylic oxidation sites excluding steroid dienone is 1. The van der Waals surface area contributed by atoms with Crippen molar-refractivity contribution in [2.24, 2.45) is 46.3 Å². The van der Waals surface area contributed by atoms with Crippen LogP contribution in [0.25, 0.3) is 0 Å². The summed E-state index contributed by atoms with van der Waals surface area (Å²) >= 11 is 0. The summed E-state index contributed by atoms with van der Waals surface area (Å²) in [5.74, 6) is 5.34. The molecule has 4 aliphatic rings. The number of hydrogen-bond donors (Lipinski definition) is 0. The van der Waals surface area contributed by atoms with Crippen molar-refractivity contribution in [3.8, 4) is 0 Å². The van der Waals surface area contributed by atoms with E-state index >= 15 is 0 Å². The molecule has 47 heavy (non-hydrogen) atoms. The van der Waals surface area contributed by atoms with Crippen LogP contribution >= 0.6 is 0 Å². The largest absolute Gasteiger partial charge is 0.462 e. The summed E-state index contributed by atoms with van der Waals surface area (Å²) in [6.07, 6.45) is 38.4. The lowest BCUT2D eigenvalue weighted by atomic mass is 9.47. The molecule has 0 aliphatic heterocycles. The molecule has 0 aromatic heterocycles. The zero-order valence-electron chi connectivity index (χ0n) is 32.5. The molecular formula is C45H80O2. The molecule has 0 radical (unpaired) electrons. The van der Waals surface area contributed by atoms with Gasteiger partial charge in [0.2, 0.25) is 0 Å². The first-order valence-electron chi connectivity index (χ1n) is 21.6. The van der Waals surface area contributed by atoms with Crippen LogP contribution in [-0.2, 0) is 9.53 Å². The second-order valence-electron chi connectivity index (χ2n) is 18.3. The molecule has 4 aliphatic carbocycles. The summed E-state index contributed by atoms with van der Waals surface area (Å²) in [5, 5.41) is 0. The molecule has 0 bridgehead atoms. The van der Waals surface area contributed by atoms with Crippen LogP contribution in [0.4, 0.5) is 0 Å². The number of fused-ring (bicyclic) bond motifs is 5. The van der Waals surface area contributed by atoms with Gasteiger partial charge in [-0.25, -0.2) is 0 Å². The van der Waals surface area contributed by atoms with Crippen LogP contribution in [-0.4, -0.2) is 12.1 Å². The van der Waals surface area contributed by atoms with Gasteiger partial charge >= 0.3 is 5.97 Å². The van der Waals surface area contributed by atoms with Gasteiger partial charge in [0.15, 0.2) is 0 Å². The molecule has 0 aromatic carbocycles. The van der Waals surface area contributed by atoms with Gasteiger partial charge in [0.25, 0.3) is 0 Å². The van der Waals surface area contributed by atoms with Crippen molar-refractivity contribution in [2.45, 2.75) is 221 Å². The highest BCUT2D eigenvalue weighted by molar-refractivity contribution is 5.69. The maximum absolute atomic E-state index is 12.8. The summed E-state index contributed by atoms with van der Waals surface area (Å²) in [4.78, 5) is 12.8. The van der Waals surface area contributed by atoms with Crippen LogP contribution in [0.2, 0.25) is 0 Å². The van der Waals surface area contributed by atoms with Crippen LogP contribution in [0.1, 0.15) is 215 Å². The number of ether oxygens (including phenoxy) is 1. The number of hydrogen-bond acceptors (Lipinski definition) is 2. The number of carbonyl (C=O) groups excluding carboxylic acids is 1. The van der Waals surface area contributed by atoms with Gasteiger partial charge in [-0.2, -0.15) is 0 Å². The molecule has 4 rings (SSSR count). The first-order chi connectivity index (χ1) is 22.7. The molecule has 8 atom stereocenters. The Bertz CT molecular complexity index is 934. The van der Waals surface area contributed by atoms with Gasteiger partial charge in [0.05, 0.1) is 0 Å². The van der Waals surface area contributed by atoms with E-state index in [0.29, 0.717) is 17.3 Å². The van der Waals surface area contributed by atoms with Gasteiger partial charge < -0.3 is 4.74 Å². The molecule has 3 saturated carbocycles. The van der Waals surface area contributed by atoms with Crippen molar-refractivity contribution in [3.63, 3.8) is 0 Å². The number of unbranched alkanes of at least 4 members (excludes halogenated alkanes) is 14. The van der Waals surface area contributed by atoms with E-state index in [4.69, 9.17) is 4.74 Å². The minimum absolute atomic E-state index is 0.0653. The Morgan fingerprint density at radius 2 is 1.36 bits per heavy atom. The van der Waals surface area contributed by atoms with Gasteiger partial charge in [-0.3, -0.25) is 4.79 Å². The second-order valence-corrected chi connectivity index (χ2v) is 18.3. The Morgan fingerprint density at radius 3 is 1.98 bits per heavy atom. The van der Waals surface area contributed by atoms with Crippen LogP contribution in [0.15, 0.2) is 11.6 Å². The second kappa shape index (κ2) is 19.6. The number of carbonyl (C=O) groups is 1. The summed E-state index contributed by atoms with van der Waals surface area (Å²) in [6, 6.07) is 0. The Balaban J connectivity index is 1.10. The fraction of sp³-hybridized carbons (Fsp3) is 0.933. The zero-order valence-corrected chi connectivity index (χ0v) is 32.5. The normalized spacial score (nSPS) is 32.4. The quantitative estimate of drug-likeness (QED) is 0.0661. The SMILES string of the molecule is CCCCCCCCCCCCCCCCCC(=O)O[C@@H]1CC[C@@]2(C)C(=CC[C@H]3[C@H]4CC[C@H]([C@H](C)CCCC(C)C)[C@@]4(C)CC[C@H]32)C1. The third-order valence-corrected chi connectivity index (χ3v) is 14.5. The highest BCUT2D eigenvalue weighted by Gasteiger charge is 2.59. The standard InChI is InChI=1S/C45H80O2/c1-7-8-9-10-11-12-13-14-15-16-17-18-19-20-21-25-43(46)47-38-30-32-44(5)37(34-38)26-27-39-41-29-28-40(36(4)24-22-23-35(2)3)45(41,6)33-31-42(39)44/h26,35-36,38-42H,7-25,27-34H2,1-6H3/t36-,38-,39+,40-,41-,42-,44+,45-/m1/s1. The Kier molecular flexibility index (Phi) is 16.2. The molecule has 2 nitrogen and oxygen atoms in total.